The molecule has 0 unspecified atom stereocenters. The quantitative estimate of drug-likeness (QED) is 0.0697. The van der Waals surface area contributed by atoms with Gasteiger partial charge in [-0.25, -0.2) is 9.97 Å². The van der Waals surface area contributed by atoms with E-state index >= 15 is 0 Å². The molecule has 2 amide bonds. The molecule has 0 saturated heterocycles. The highest BCUT2D eigenvalue weighted by Gasteiger charge is 2.15. The van der Waals surface area contributed by atoms with Crippen molar-refractivity contribution in [2.45, 2.75) is 12.8 Å². The van der Waals surface area contributed by atoms with Crippen molar-refractivity contribution in [2.24, 2.45) is 0 Å². The summed E-state index contributed by atoms with van der Waals surface area (Å²) in [5.74, 6) is -0.775. The van der Waals surface area contributed by atoms with Crippen LogP contribution in [0.2, 0.25) is 0 Å². The van der Waals surface area contributed by atoms with Crippen molar-refractivity contribution in [1.82, 2.24) is 20.6 Å². The van der Waals surface area contributed by atoms with Crippen LogP contribution in [0, 0.1) is 0 Å². The molecule has 0 spiro atoms. The van der Waals surface area contributed by atoms with Gasteiger partial charge in [0.15, 0.2) is 5.69 Å². The lowest BCUT2D eigenvalue weighted by Gasteiger charge is -2.09. The summed E-state index contributed by atoms with van der Waals surface area (Å²) in [6.45, 7) is 7.48. The number of carbonyl (C=O) groups is 2. The van der Waals surface area contributed by atoms with Crippen molar-refractivity contribution in [2.75, 3.05) is 119 Å². The zero-order valence-electron chi connectivity index (χ0n) is 29.6. The third kappa shape index (κ3) is 19.6. The Labute approximate surface area is 304 Å². The Hall–Kier alpha value is -4.00. The summed E-state index contributed by atoms with van der Waals surface area (Å²) >= 11 is 0. The summed E-state index contributed by atoms with van der Waals surface area (Å²) in [6.07, 6.45) is 0.992. The second-order valence-electron chi connectivity index (χ2n) is 11.1. The predicted molar refractivity (Wildman–Crippen MR) is 190 cm³/mol. The lowest BCUT2D eigenvalue weighted by molar-refractivity contribution is -0.122. The van der Waals surface area contributed by atoms with Crippen molar-refractivity contribution >= 4 is 22.8 Å². The Morgan fingerprint density at radius 1 is 0.519 bits per heavy atom. The molecule has 0 bridgehead atoms. The fourth-order valence-corrected chi connectivity index (χ4v) is 4.37. The average Bonchev–Trinajstić information content (AvgIpc) is 3.15. The van der Waals surface area contributed by atoms with Gasteiger partial charge in [-0.1, -0.05) is 24.3 Å². The molecule has 0 fully saturated rings. The fourth-order valence-electron chi connectivity index (χ4n) is 4.37. The van der Waals surface area contributed by atoms with Gasteiger partial charge in [-0.2, -0.15) is 0 Å². The predicted octanol–water partition coefficient (Wildman–Crippen LogP) is 1.65. The highest BCUT2D eigenvalue weighted by molar-refractivity contribution is 5.96. The number of benzene rings is 2. The van der Waals surface area contributed by atoms with E-state index in [0.29, 0.717) is 130 Å². The molecule has 0 aliphatic heterocycles. The SMILES string of the molecule is O=C(CCOCCOCCOCCOCCOCCOCCOCCOCCNC(=O)c1nc2ccccc2nc1O)NCCc1ccc(O)cc1. The molecule has 0 aliphatic carbocycles. The molecular formula is C36H52N4O12. The number of ether oxygens (including phenoxy) is 8. The van der Waals surface area contributed by atoms with Gasteiger partial charge in [-0.3, -0.25) is 9.59 Å². The number of carbonyl (C=O) groups excluding carboxylic acids is 2. The number of nitrogens with zero attached hydrogens (tertiary/aromatic N) is 2. The first kappa shape index (κ1) is 42.4. The van der Waals surface area contributed by atoms with Gasteiger partial charge in [-0.15, -0.1) is 0 Å². The van der Waals surface area contributed by atoms with Crippen LogP contribution >= 0.6 is 0 Å². The Morgan fingerprint density at radius 2 is 0.962 bits per heavy atom. The van der Waals surface area contributed by atoms with Gasteiger partial charge in [0.25, 0.3) is 5.91 Å². The molecule has 3 rings (SSSR count). The van der Waals surface area contributed by atoms with Crippen LogP contribution < -0.4 is 10.6 Å². The Balaban J connectivity index is 0.957. The zero-order valence-corrected chi connectivity index (χ0v) is 29.6. The summed E-state index contributed by atoms with van der Waals surface area (Å²) in [4.78, 5) is 32.3. The van der Waals surface area contributed by atoms with Crippen LogP contribution in [0.15, 0.2) is 48.5 Å². The maximum absolute atomic E-state index is 12.3. The number of aromatic hydroxyl groups is 2. The van der Waals surface area contributed by atoms with Gasteiger partial charge < -0.3 is 58.7 Å². The maximum atomic E-state index is 12.3. The highest BCUT2D eigenvalue weighted by Crippen LogP contribution is 2.17. The largest absolute Gasteiger partial charge is 0.508 e. The smallest absolute Gasteiger partial charge is 0.275 e. The number of aromatic nitrogens is 2. The van der Waals surface area contributed by atoms with Gasteiger partial charge in [0.05, 0.1) is 117 Å². The first-order valence-electron chi connectivity index (χ1n) is 17.4. The number of phenolic OH excluding ortho intramolecular Hbond substituents is 1. The number of hydrogen-bond donors (Lipinski definition) is 4. The standard InChI is InChI=1S/C36H52N4O12/c41-30-7-5-29(6-8-30)9-11-37-33(42)10-13-45-15-17-47-19-21-49-23-25-51-27-28-52-26-24-50-22-20-48-18-16-46-14-12-38-35(43)34-36(44)40-32-4-2-1-3-31(32)39-34/h1-8,41H,9-28H2,(H,37,42)(H,38,43)(H,40,44). The van der Waals surface area contributed by atoms with E-state index in [1.165, 1.54) is 0 Å². The summed E-state index contributed by atoms with van der Waals surface area (Å²) in [5, 5.41) is 24.8. The van der Waals surface area contributed by atoms with E-state index in [2.05, 4.69) is 20.6 Å². The molecule has 0 radical (unpaired) electrons. The van der Waals surface area contributed by atoms with Gasteiger partial charge in [0, 0.05) is 19.5 Å². The Kier molecular flexibility index (Phi) is 22.5. The van der Waals surface area contributed by atoms with E-state index in [0.717, 1.165) is 5.56 Å². The minimum Gasteiger partial charge on any atom is -0.508 e. The second-order valence-corrected chi connectivity index (χ2v) is 11.1. The van der Waals surface area contributed by atoms with Crippen molar-refractivity contribution in [3.63, 3.8) is 0 Å². The summed E-state index contributed by atoms with van der Waals surface area (Å²) in [5.41, 5.74) is 1.95. The van der Waals surface area contributed by atoms with Crippen LogP contribution in [0.3, 0.4) is 0 Å². The number of fused-ring (bicyclic) bond motifs is 1. The average molecular weight is 733 g/mol. The number of hydrogen-bond acceptors (Lipinski definition) is 14. The van der Waals surface area contributed by atoms with E-state index < -0.39 is 11.8 Å². The number of nitrogens with one attached hydrogen (secondary N) is 2. The third-order valence-electron chi connectivity index (χ3n) is 7.05. The second kappa shape index (κ2) is 27.6. The van der Waals surface area contributed by atoms with E-state index in [9.17, 15) is 19.8 Å². The minimum atomic E-state index is -0.523. The molecular weight excluding hydrogens is 680 g/mol. The minimum absolute atomic E-state index is 0.0637. The fraction of sp³-hybridized carbons (Fsp3) is 0.556. The van der Waals surface area contributed by atoms with Crippen molar-refractivity contribution < 1.29 is 57.7 Å². The molecule has 0 saturated carbocycles. The van der Waals surface area contributed by atoms with Crippen molar-refractivity contribution in [3.8, 4) is 11.6 Å². The first-order valence-corrected chi connectivity index (χ1v) is 17.4. The monoisotopic (exact) mass is 732 g/mol. The van der Waals surface area contributed by atoms with Crippen LogP contribution in [0.4, 0.5) is 0 Å². The van der Waals surface area contributed by atoms with Crippen LogP contribution in [-0.4, -0.2) is 151 Å². The van der Waals surface area contributed by atoms with E-state index in [-0.39, 0.29) is 30.5 Å². The molecule has 0 aliphatic rings. The Morgan fingerprint density at radius 3 is 1.46 bits per heavy atom. The van der Waals surface area contributed by atoms with Gasteiger partial charge in [0.1, 0.15) is 5.75 Å². The van der Waals surface area contributed by atoms with E-state index in [4.69, 9.17) is 37.9 Å². The number of rotatable bonds is 31. The molecule has 1 heterocycles. The highest BCUT2D eigenvalue weighted by atomic mass is 16.6. The number of phenols is 1. The van der Waals surface area contributed by atoms with Crippen LogP contribution in [-0.2, 0) is 49.1 Å². The zero-order chi connectivity index (χ0) is 36.9. The first-order chi connectivity index (χ1) is 25.5. The van der Waals surface area contributed by atoms with Crippen molar-refractivity contribution in [3.05, 3.63) is 59.8 Å². The van der Waals surface area contributed by atoms with Gasteiger partial charge >= 0.3 is 0 Å². The van der Waals surface area contributed by atoms with E-state index in [1.807, 2.05) is 12.1 Å². The molecule has 16 nitrogen and oxygen atoms in total. The van der Waals surface area contributed by atoms with Crippen LogP contribution in [0.5, 0.6) is 11.6 Å². The molecule has 4 N–H and O–H groups in total. The topological polar surface area (TPSA) is 198 Å². The maximum Gasteiger partial charge on any atom is 0.275 e. The molecule has 3 aromatic rings. The third-order valence-corrected chi connectivity index (χ3v) is 7.05. The lowest BCUT2D eigenvalue weighted by Crippen LogP contribution is -2.28. The lowest BCUT2D eigenvalue weighted by atomic mass is 10.1. The number of para-hydroxylation sites is 2. The van der Waals surface area contributed by atoms with Crippen LogP contribution in [0.25, 0.3) is 11.0 Å². The van der Waals surface area contributed by atoms with Gasteiger partial charge in [0.2, 0.25) is 11.8 Å². The molecule has 288 valence electrons. The summed E-state index contributed by atoms with van der Waals surface area (Å²) < 4.78 is 43.7. The summed E-state index contributed by atoms with van der Waals surface area (Å²) in [7, 11) is 0. The summed E-state index contributed by atoms with van der Waals surface area (Å²) in [6, 6.07) is 13.9. The van der Waals surface area contributed by atoms with E-state index in [1.54, 1.807) is 36.4 Å². The molecule has 2 aromatic carbocycles. The molecule has 1 aromatic heterocycles. The normalized spacial score (nSPS) is 11.2. The molecule has 16 heteroatoms. The van der Waals surface area contributed by atoms with Gasteiger partial charge in [-0.05, 0) is 36.2 Å². The van der Waals surface area contributed by atoms with Crippen LogP contribution in [0.1, 0.15) is 22.5 Å². The Bertz CT molecular complexity index is 1400. The van der Waals surface area contributed by atoms with Crippen molar-refractivity contribution in [1.29, 1.82) is 0 Å². The molecule has 52 heavy (non-hydrogen) atoms. The molecule has 0 atom stereocenters. The number of amides is 2.